The maximum Gasteiger partial charge on any atom is 0.0718 e. The summed E-state index contributed by atoms with van der Waals surface area (Å²) in [6, 6.07) is 9.13. The van der Waals surface area contributed by atoms with E-state index in [4.69, 9.17) is 16.3 Å². The van der Waals surface area contributed by atoms with Crippen molar-refractivity contribution in [2.45, 2.75) is 70.8 Å². The molecule has 3 rings (SSSR count). The molecule has 1 aliphatic rings. The summed E-state index contributed by atoms with van der Waals surface area (Å²) in [5.74, 6) is 1.48. The van der Waals surface area contributed by atoms with Gasteiger partial charge in [0.2, 0.25) is 0 Å². The summed E-state index contributed by atoms with van der Waals surface area (Å²) < 4.78 is 5.35. The lowest BCUT2D eigenvalue weighted by Crippen LogP contribution is -2.16. The smallest absolute Gasteiger partial charge is 0.0718 e. The first-order valence-electron chi connectivity index (χ1n) is 10.3. The largest absolute Gasteiger partial charge is 0.380 e. The van der Waals surface area contributed by atoms with Crippen LogP contribution in [-0.2, 0) is 24.2 Å². The normalized spacial score (nSPS) is 22.4. The van der Waals surface area contributed by atoms with Crippen molar-refractivity contribution < 1.29 is 4.74 Å². The van der Waals surface area contributed by atoms with Crippen molar-refractivity contribution in [1.82, 2.24) is 0 Å². The van der Waals surface area contributed by atoms with Crippen molar-refractivity contribution in [3.63, 3.8) is 0 Å². The standard InChI is InChI=1S/C24H33ClOS/c1-17-14-19(15-18(2)23(17)16-26-3)9-11-22-20(10-12-24(22)25)6-4-7-21-8-5-13-27-21/h5,8,13-15,20,22,24H,4,6-7,9-12,16H2,1-3H3/t20-,22+,24?/m0/s1. The van der Waals surface area contributed by atoms with Gasteiger partial charge in [-0.3, -0.25) is 0 Å². The van der Waals surface area contributed by atoms with Crippen LogP contribution >= 0.6 is 22.9 Å². The molecule has 0 aliphatic heterocycles. The van der Waals surface area contributed by atoms with Crippen molar-refractivity contribution in [2.24, 2.45) is 11.8 Å². The third kappa shape index (κ3) is 5.59. The molecule has 1 saturated carbocycles. The second-order valence-corrected chi connectivity index (χ2v) is 9.76. The highest BCUT2D eigenvalue weighted by molar-refractivity contribution is 7.09. The van der Waals surface area contributed by atoms with Gasteiger partial charge in [0.05, 0.1) is 6.61 Å². The van der Waals surface area contributed by atoms with Crippen LogP contribution in [0.2, 0.25) is 0 Å². The number of thiophene rings is 1. The zero-order valence-corrected chi connectivity index (χ0v) is 18.5. The summed E-state index contributed by atoms with van der Waals surface area (Å²) in [6.07, 6.45) is 8.73. The third-order valence-electron chi connectivity index (χ3n) is 6.27. The minimum Gasteiger partial charge on any atom is -0.380 e. The summed E-state index contributed by atoms with van der Waals surface area (Å²) >= 11 is 8.62. The molecule has 27 heavy (non-hydrogen) atoms. The van der Waals surface area contributed by atoms with Crippen molar-refractivity contribution in [1.29, 1.82) is 0 Å². The number of aryl methyl sites for hydroxylation is 4. The molecule has 0 radical (unpaired) electrons. The molecular weight excluding hydrogens is 372 g/mol. The number of hydrogen-bond acceptors (Lipinski definition) is 2. The Morgan fingerprint density at radius 1 is 1.11 bits per heavy atom. The molecule has 148 valence electrons. The molecule has 1 aliphatic carbocycles. The Labute approximate surface area is 174 Å². The van der Waals surface area contributed by atoms with Gasteiger partial charge >= 0.3 is 0 Å². The monoisotopic (exact) mass is 404 g/mol. The van der Waals surface area contributed by atoms with Crippen LogP contribution in [0.5, 0.6) is 0 Å². The van der Waals surface area contributed by atoms with Gasteiger partial charge in [0, 0.05) is 17.4 Å². The average molecular weight is 405 g/mol. The zero-order chi connectivity index (χ0) is 19.2. The Hall–Kier alpha value is -0.830. The molecule has 0 amide bonds. The predicted octanol–water partition coefficient (Wildman–Crippen LogP) is 7.10. The van der Waals surface area contributed by atoms with Crippen molar-refractivity contribution in [3.8, 4) is 0 Å². The van der Waals surface area contributed by atoms with Crippen LogP contribution in [0.1, 0.15) is 59.2 Å². The van der Waals surface area contributed by atoms with E-state index in [2.05, 4.69) is 43.5 Å². The molecular formula is C24H33ClOS. The highest BCUT2D eigenvalue weighted by atomic mass is 35.5. The second kappa shape index (κ2) is 10.1. The minimum atomic E-state index is 0.367. The van der Waals surface area contributed by atoms with E-state index in [-0.39, 0.29) is 0 Å². The lowest BCUT2D eigenvalue weighted by molar-refractivity contribution is 0.184. The van der Waals surface area contributed by atoms with E-state index in [1.807, 2.05) is 11.3 Å². The van der Waals surface area contributed by atoms with E-state index in [1.54, 1.807) is 7.11 Å². The molecule has 1 fully saturated rings. The molecule has 0 bridgehead atoms. The number of ether oxygens (including phenoxy) is 1. The van der Waals surface area contributed by atoms with Crippen LogP contribution in [-0.4, -0.2) is 12.5 Å². The van der Waals surface area contributed by atoms with Gasteiger partial charge in [-0.15, -0.1) is 22.9 Å². The van der Waals surface area contributed by atoms with Gasteiger partial charge in [0.15, 0.2) is 0 Å². The number of hydrogen-bond donors (Lipinski definition) is 0. The molecule has 3 atom stereocenters. The molecule has 1 nitrogen and oxygen atoms in total. The molecule has 1 heterocycles. The molecule has 1 unspecified atom stereocenters. The van der Waals surface area contributed by atoms with Gasteiger partial charge in [-0.25, -0.2) is 0 Å². The first-order valence-corrected chi connectivity index (χ1v) is 11.6. The maximum absolute atomic E-state index is 6.73. The number of halogens is 1. The Kier molecular flexibility index (Phi) is 7.81. The Morgan fingerprint density at radius 3 is 2.56 bits per heavy atom. The highest BCUT2D eigenvalue weighted by Crippen LogP contribution is 2.41. The minimum absolute atomic E-state index is 0.367. The quantitative estimate of drug-likeness (QED) is 0.405. The number of benzene rings is 1. The Bertz CT molecular complexity index is 686. The van der Waals surface area contributed by atoms with Gasteiger partial charge in [0.25, 0.3) is 0 Å². The fourth-order valence-corrected chi connectivity index (χ4v) is 6.01. The van der Waals surface area contributed by atoms with Gasteiger partial charge in [-0.1, -0.05) is 18.2 Å². The van der Waals surface area contributed by atoms with Gasteiger partial charge < -0.3 is 4.74 Å². The van der Waals surface area contributed by atoms with Gasteiger partial charge in [-0.05, 0) is 104 Å². The number of rotatable bonds is 9. The lowest BCUT2D eigenvalue weighted by atomic mass is 9.86. The van der Waals surface area contributed by atoms with Crippen LogP contribution in [0.15, 0.2) is 29.6 Å². The van der Waals surface area contributed by atoms with E-state index in [1.165, 1.54) is 65.7 Å². The average Bonchev–Trinajstić information content (AvgIpc) is 3.27. The fourth-order valence-electron chi connectivity index (χ4n) is 4.80. The van der Waals surface area contributed by atoms with E-state index in [0.717, 1.165) is 12.3 Å². The van der Waals surface area contributed by atoms with Crippen LogP contribution in [0.3, 0.4) is 0 Å². The van der Waals surface area contributed by atoms with Crippen LogP contribution in [0.25, 0.3) is 0 Å². The summed E-state index contributed by atoms with van der Waals surface area (Å²) in [4.78, 5) is 1.52. The maximum atomic E-state index is 6.73. The van der Waals surface area contributed by atoms with E-state index in [0.29, 0.717) is 17.9 Å². The van der Waals surface area contributed by atoms with Gasteiger partial charge in [0.1, 0.15) is 0 Å². The first-order chi connectivity index (χ1) is 13.1. The Morgan fingerprint density at radius 2 is 1.89 bits per heavy atom. The second-order valence-electron chi connectivity index (χ2n) is 8.17. The van der Waals surface area contributed by atoms with Crippen molar-refractivity contribution in [3.05, 3.63) is 56.8 Å². The van der Waals surface area contributed by atoms with E-state index >= 15 is 0 Å². The molecule has 3 heteroatoms. The summed E-state index contributed by atoms with van der Waals surface area (Å²) in [7, 11) is 1.77. The summed E-state index contributed by atoms with van der Waals surface area (Å²) in [5, 5.41) is 2.55. The van der Waals surface area contributed by atoms with E-state index < -0.39 is 0 Å². The molecule has 1 aromatic heterocycles. The van der Waals surface area contributed by atoms with Crippen LogP contribution < -0.4 is 0 Å². The van der Waals surface area contributed by atoms with Crippen molar-refractivity contribution >= 4 is 22.9 Å². The highest BCUT2D eigenvalue weighted by Gasteiger charge is 2.33. The molecule has 0 saturated heterocycles. The van der Waals surface area contributed by atoms with Crippen LogP contribution in [0, 0.1) is 25.7 Å². The zero-order valence-electron chi connectivity index (χ0n) is 17.0. The lowest BCUT2D eigenvalue weighted by Gasteiger charge is -2.22. The van der Waals surface area contributed by atoms with Gasteiger partial charge in [-0.2, -0.15) is 0 Å². The number of alkyl halides is 1. The topological polar surface area (TPSA) is 9.23 Å². The van der Waals surface area contributed by atoms with Crippen molar-refractivity contribution in [2.75, 3.05) is 7.11 Å². The Balaban J connectivity index is 1.55. The fraction of sp³-hybridized carbons (Fsp3) is 0.583. The van der Waals surface area contributed by atoms with E-state index in [9.17, 15) is 0 Å². The molecule has 0 N–H and O–H groups in total. The molecule has 2 aromatic rings. The molecule has 1 aromatic carbocycles. The van der Waals surface area contributed by atoms with Crippen LogP contribution in [0.4, 0.5) is 0 Å². The SMILES string of the molecule is COCc1c(C)cc(CC[C@H]2C(Cl)CC[C@@H]2CCCc2cccs2)cc1C. The predicted molar refractivity (Wildman–Crippen MR) is 118 cm³/mol. The summed E-state index contributed by atoms with van der Waals surface area (Å²) in [6.45, 7) is 5.12. The summed E-state index contributed by atoms with van der Waals surface area (Å²) in [5.41, 5.74) is 5.50. The number of methoxy groups -OCH3 is 1. The molecule has 0 spiro atoms. The first kappa shape index (κ1) is 20.9. The third-order valence-corrected chi connectivity index (χ3v) is 7.75.